The van der Waals surface area contributed by atoms with E-state index in [1.807, 2.05) is 0 Å². The zero-order valence-electron chi connectivity index (χ0n) is 10.6. The Kier molecular flexibility index (Phi) is 6.04. The van der Waals surface area contributed by atoms with Crippen molar-refractivity contribution in [2.75, 3.05) is 12.4 Å². The Balaban J connectivity index is 2.82. The maximum atomic E-state index is 11.0. The summed E-state index contributed by atoms with van der Waals surface area (Å²) in [6.45, 7) is 1.78. The van der Waals surface area contributed by atoms with Crippen LogP contribution in [-0.4, -0.2) is 25.7 Å². The minimum atomic E-state index is -3.64. The van der Waals surface area contributed by atoms with Gasteiger partial charge in [-0.05, 0) is 12.5 Å². The zero-order chi connectivity index (χ0) is 15.3. The van der Waals surface area contributed by atoms with Gasteiger partial charge in [0.2, 0.25) is 9.05 Å². The van der Waals surface area contributed by atoms with Gasteiger partial charge >= 0.3 is 5.69 Å². The van der Waals surface area contributed by atoms with Crippen LogP contribution in [0.25, 0.3) is 0 Å². The van der Waals surface area contributed by atoms with Crippen LogP contribution in [0.1, 0.15) is 13.3 Å². The highest BCUT2D eigenvalue weighted by Gasteiger charge is 2.20. The minimum Gasteiger partial charge on any atom is -0.486 e. The molecule has 0 saturated carbocycles. The molecule has 0 radical (unpaired) electrons. The molecule has 0 bridgehead atoms. The molecule has 1 atom stereocenters. The summed E-state index contributed by atoms with van der Waals surface area (Å²) >= 11 is 5.76. The Morgan fingerprint density at radius 2 is 2.10 bits per heavy atom. The standard InChI is InChI=1S/C11H13Cl2NO5S/c1-2-8(7-20(13,17)18)6-19-11-5-9(12)3-4-10(11)14(15)16/h3-5,8H,2,6-7H2,1H3. The zero-order valence-corrected chi connectivity index (χ0v) is 12.9. The van der Waals surface area contributed by atoms with Crippen LogP contribution in [0.5, 0.6) is 5.75 Å². The monoisotopic (exact) mass is 341 g/mol. The van der Waals surface area contributed by atoms with E-state index in [2.05, 4.69) is 0 Å². The minimum absolute atomic E-state index is 0.00360. The maximum absolute atomic E-state index is 11.0. The molecule has 0 spiro atoms. The van der Waals surface area contributed by atoms with E-state index < -0.39 is 14.0 Å². The molecule has 0 amide bonds. The van der Waals surface area contributed by atoms with E-state index in [9.17, 15) is 18.5 Å². The lowest BCUT2D eigenvalue weighted by molar-refractivity contribution is -0.385. The lowest BCUT2D eigenvalue weighted by Crippen LogP contribution is -2.19. The van der Waals surface area contributed by atoms with Crippen LogP contribution in [-0.2, 0) is 9.05 Å². The molecule has 0 aliphatic carbocycles. The van der Waals surface area contributed by atoms with Gasteiger partial charge in [0, 0.05) is 33.8 Å². The van der Waals surface area contributed by atoms with E-state index in [1.165, 1.54) is 18.2 Å². The van der Waals surface area contributed by atoms with E-state index in [0.717, 1.165) is 0 Å². The molecule has 0 N–H and O–H groups in total. The fraction of sp³-hybridized carbons (Fsp3) is 0.455. The summed E-state index contributed by atoms with van der Waals surface area (Å²) in [5, 5.41) is 11.1. The van der Waals surface area contributed by atoms with Gasteiger partial charge in [-0.1, -0.05) is 18.5 Å². The van der Waals surface area contributed by atoms with Crippen molar-refractivity contribution in [2.24, 2.45) is 5.92 Å². The van der Waals surface area contributed by atoms with E-state index in [0.29, 0.717) is 11.4 Å². The Bertz CT molecular complexity index is 590. The number of halogens is 2. The quantitative estimate of drug-likeness (QED) is 0.431. The normalized spacial score (nSPS) is 12.9. The molecule has 0 heterocycles. The number of nitrogens with zero attached hydrogens (tertiary/aromatic N) is 1. The summed E-state index contributed by atoms with van der Waals surface area (Å²) < 4.78 is 27.4. The molecule has 112 valence electrons. The van der Waals surface area contributed by atoms with Gasteiger partial charge in [0.05, 0.1) is 17.3 Å². The number of hydrogen-bond donors (Lipinski definition) is 0. The maximum Gasteiger partial charge on any atom is 0.311 e. The first-order chi connectivity index (χ1) is 9.23. The topological polar surface area (TPSA) is 86.5 Å². The van der Waals surface area contributed by atoms with Crippen molar-refractivity contribution in [3.05, 3.63) is 33.3 Å². The Morgan fingerprint density at radius 3 is 2.60 bits per heavy atom. The van der Waals surface area contributed by atoms with Gasteiger partial charge in [-0.2, -0.15) is 0 Å². The second kappa shape index (κ2) is 7.10. The van der Waals surface area contributed by atoms with E-state index in [-0.39, 0.29) is 29.7 Å². The van der Waals surface area contributed by atoms with Crippen molar-refractivity contribution in [1.29, 1.82) is 0 Å². The first-order valence-corrected chi connectivity index (χ1v) is 8.57. The van der Waals surface area contributed by atoms with Crippen LogP contribution in [0.2, 0.25) is 5.02 Å². The smallest absolute Gasteiger partial charge is 0.311 e. The molecule has 9 heteroatoms. The lowest BCUT2D eigenvalue weighted by atomic mass is 10.1. The molecule has 1 aromatic rings. The summed E-state index contributed by atoms with van der Waals surface area (Å²) in [4.78, 5) is 10.2. The predicted molar refractivity (Wildman–Crippen MR) is 77.0 cm³/mol. The van der Waals surface area contributed by atoms with Gasteiger partial charge in [-0.3, -0.25) is 10.1 Å². The highest BCUT2D eigenvalue weighted by atomic mass is 35.7. The number of nitro benzene ring substituents is 1. The highest BCUT2D eigenvalue weighted by molar-refractivity contribution is 8.13. The number of benzene rings is 1. The number of hydrogen-bond acceptors (Lipinski definition) is 5. The second-order valence-corrected chi connectivity index (χ2v) is 7.42. The number of nitro groups is 1. The summed E-state index contributed by atoms with van der Waals surface area (Å²) in [5.41, 5.74) is -0.224. The van der Waals surface area contributed by atoms with Crippen molar-refractivity contribution in [1.82, 2.24) is 0 Å². The third kappa shape index (κ3) is 5.52. The molecule has 0 fully saturated rings. The molecule has 0 saturated heterocycles. The van der Waals surface area contributed by atoms with Crippen LogP contribution < -0.4 is 4.74 Å². The van der Waals surface area contributed by atoms with Crippen molar-refractivity contribution in [3.8, 4) is 5.75 Å². The Hall–Kier alpha value is -1.05. The van der Waals surface area contributed by atoms with Crippen LogP contribution in [0.4, 0.5) is 5.69 Å². The molecular weight excluding hydrogens is 329 g/mol. The summed E-state index contributed by atoms with van der Waals surface area (Å²) in [5.74, 6) is -0.594. The third-order valence-corrected chi connectivity index (χ3v) is 4.09. The van der Waals surface area contributed by atoms with Gasteiger partial charge < -0.3 is 4.74 Å². The molecule has 0 aliphatic heterocycles. The lowest BCUT2D eigenvalue weighted by Gasteiger charge is -2.14. The van der Waals surface area contributed by atoms with Crippen LogP contribution in [0.15, 0.2) is 18.2 Å². The van der Waals surface area contributed by atoms with Gasteiger partial charge in [-0.15, -0.1) is 0 Å². The summed E-state index contributed by atoms with van der Waals surface area (Å²) in [7, 11) is 1.54. The first-order valence-electron chi connectivity index (χ1n) is 5.72. The average molecular weight is 342 g/mol. The second-order valence-electron chi connectivity index (χ2n) is 4.16. The SMILES string of the molecule is CCC(COc1cc(Cl)ccc1[N+](=O)[O-])CS(=O)(=O)Cl. The van der Waals surface area contributed by atoms with Gasteiger partial charge in [-0.25, -0.2) is 8.42 Å². The summed E-state index contributed by atoms with van der Waals surface area (Å²) in [6.07, 6.45) is 0.514. The number of rotatable bonds is 7. The molecule has 1 unspecified atom stereocenters. The average Bonchev–Trinajstić information content (AvgIpc) is 2.32. The first kappa shape index (κ1) is 17.0. The largest absolute Gasteiger partial charge is 0.486 e. The predicted octanol–water partition coefficient (Wildman–Crippen LogP) is 3.22. The van der Waals surface area contributed by atoms with Crippen molar-refractivity contribution in [2.45, 2.75) is 13.3 Å². The van der Waals surface area contributed by atoms with Gasteiger partial charge in [0.1, 0.15) is 0 Å². The van der Waals surface area contributed by atoms with E-state index in [4.69, 9.17) is 27.0 Å². The molecule has 1 rings (SSSR count). The van der Waals surface area contributed by atoms with Crippen molar-refractivity contribution < 1.29 is 18.1 Å². The molecule has 6 nitrogen and oxygen atoms in total. The van der Waals surface area contributed by atoms with E-state index >= 15 is 0 Å². The Labute approximate surface area is 126 Å². The van der Waals surface area contributed by atoms with Crippen molar-refractivity contribution >= 4 is 37.0 Å². The van der Waals surface area contributed by atoms with Gasteiger partial charge in [0.15, 0.2) is 5.75 Å². The third-order valence-electron chi connectivity index (χ3n) is 2.61. The fourth-order valence-electron chi connectivity index (χ4n) is 1.53. The molecule has 1 aromatic carbocycles. The Morgan fingerprint density at radius 1 is 1.45 bits per heavy atom. The van der Waals surface area contributed by atoms with Crippen LogP contribution >= 0.6 is 22.3 Å². The molecule has 0 aromatic heterocycles. The number of ether oxygens (including phenoxy) is 1. The molecule has 0 aliphatic rings. The van der Waals surface area contributed by atoms with Crippen molar-refractivity contribution in [3.63, 3.8) is 0 Å². The highest BCUT2D eigenvalue weighted by Crippen LogP contribution is 2.30. The molecular formula is C11H13Cl2NO5S. The van der Waals surface area contributed by atoms with Crippen LogP contribution in [0.3, 0.4) is 0 Å². The van der Waals surface area contributed by atoms with Crippen LogP contribution in [0, 0.1) is 16.0 Å². The van der Waals surface area contributed by atoms with E-state index in [1.54, 1.807) is 6.92 Å². The molecule has 20 heavy (non-hydrogen) atoms. The van der Waals surface area contributed by atoms with Gasteiger partial charge in [0.25, 0.3) is 0 Å². The summed E-state index contributed by atoms with van der Waals surface area (Å²) in [6, 6.07) is 3.94. The fourth-order valence-corrected chi connectivity index (χ4v) is 3.12.